The van der Waals surface area contributed by atoms with E-state index in [0.29, 0.717) is 11.5 Å². The summed E-state index contributed by atoms with van der Waals surface area (Å²) in [5.41, 5.74) is 0.470. The van der Waals surface area contributed by atoms with Gasteiger partial charge in [-0.2, -0.15) is 0 Å². The van der Waals surface area contributed by atoms with E-state index in [4.69, 9.17) is 0 Å². The van der Waals surface area contributed by atoms with E-state index in [0.717, 1.165) is 0 Å². The molecule has 1 amide bonds. The van der Waals surface area contributed by atoms with Crippen molar-refractivity contribution in [2.75, 3.05) is 19.4 Å². The molecule has 15 heavy (non-hydrogen) atoms. The fourth-order valence-electron chi connectivity index (χ4n) is 1.11. The van der Waals surface area contributed by atoms with Crippen LogP contribution in [0, 0.1) is 0 Å². The van der Waals surface area contributed by atoms with Crippen LogP contribution in [-0.4, -0.2) is 35.9 Å². The zero-order chi connectivity index (χ0) is 11.4. The summed E-state index contributed by atoms with van der Waals surface area (Å²) in [7, 11) is 3.56. The summed E-state index contributed by atoms with van der Waals surface area (Å²) in [5.74, 6) is 0.653. The first-order valence-electron chi connectivity index (χ1n) is 4.98. The van der Waals surface area contributed by atoms with E-state index in [1.165, 1.54) is 0 Å². The molecule has 0 saturated carbocycles. The van der Waals surface area contributed by atoms with Gasteiger partial charge in [-0.25, -0.2) is 4.98 Å². The maximum Gasteiger partial charge on any atom is 0.272 e. The first-order chi connectivity index (χ1) is 7.06. The Kier molecular flexibility index (Phi) is 3.66. The van der Waals surface area contributed by atoms with Crippen LogP contribution in [0.15, 0.2) is 18.2 Å². The van der Waals surface area contributed by atoms with Gasteiger partial charge in [-0.1, -0.05) is 6.07 Å². The molecule has 0 saturated heterocycles. The van der Waals surface area contributed by atoms with Crippen molar-refractivity contribution in [2.45, 2.75) is 19.9 Å². The molecule has 0 aliphatic carbocycles. The van der Waals surface area contributed by atoms with E-state index in [1.807, 2.05) is 26.0 Å². The number of aromatic nitrogens is 1. The van der Waals surface area contributed by atoms with Crippen molar-refractivity contribution in [3.05, 3.63) is 23.9 Å². The Bertz CT molecular complexity index is 349. The Morgan fingerprint density at radius 1 is 1.47 bits per heavy atom. The maximum absolute atomic E-state index is 11.9. The molecule has 0 unspecified atom stereocenters. The Morgan fingerprint density at radius 2 is 2.13 bits per heavy atom. The molecular formula is C11H17N3O. The van der Waals surface area contributed by atoms with Gasteiger partial charge in [0.2, 0.25) is 0 Å². The molecule has 1 heterocycles. The molecule has 0 spiro atoms. The molecule has 0 radical (unpaired) electrons. The van der Waals surface area contributed by atoms with Crippen LogP contribution < -0.4 is 5.32 Å². The Morgan fingerprint density at radius 3 is 2.67 bits per heavy atom. The van der Waals surface area contributed by atoms with Crippen LogP contribution in [-0.2, 0) is 0 Å². The summed E-state index contributed by atoms with van der Waals surface area (Å²) in [6.07, 6.45) is 0. The molecule has 1 aromatic heterocycles. The van der Waals surface area contributed by atoms with Gasteiger partial charge in [0.1, 0.15) is 11.5 Å². The number of amides is 1. The summed E-state index contributed by atoms with van der Waals surface area (Å²) >= 11 is 0. The zero-order valence-corrected chi connectivity index (χ0v) is 9.61. The van der Waals surface area contributed by atoms with Gasteiger partial charge in [-0.3, -0.25) is 4.79 Å². The molecule has 0 fully saturated rings. The zero-order valence-electron chi connectivity index (χ0n) is 9.61. The second-order valence-corrected chi connectivity index (χ2v) is 3.67. The molecule has 4 nitrogen and oxygen atoms in total. The minimum atomic E-state index is -0.0536. The number of hydrogen-bond acceptors (Lipinski definition) is 3. The number of carbonyl (C=O) groups is 1. The predicted molar refractivity (Wildman–Crippen MR) is 61.0 cm³/mol. The summed E-state index contributed by atoms with van der Waals surface area (Å²) in [6.45, 7) is 3.94. The first-order valence-corrected chi connectivity index (χ1v) is 4.98. The third-order valence-corrected chi connectivity index (χ3v) is 2.32. The molecule has 82 valence electrons. The number of carbonyl (C=O) groups excluding carboxylic acids is 1. The van der Waals surface area contributed by atoms with Crippen LogP contribution in [0.1, 0.15) is 24.3 Å². The highest BCUT2D eigenvalue weighted by Crippen LogP contribution is 2.07. The quantitative estimate of drug-likeness (QED) is 0.819. The maximum atomic E-state index is 11.9. The highest BCUT2D eigenvalue weighted by atomic mass is 16.2. The molecule has 0 aliphatic heterocycles. The molecule has 1 aromatic rings. The molecule has 1 rings (SSSR count). The van der Waals surface area contributed by atoms with Gasteiger partial charge in [0.25, 0.3) is 5.91 Å². The fraction of sp³-hybridized carbons (Fsp3) is 0.455. The van der Waals surface area contributed by atoms with E-state index >= 15 is 0 Å². The van der Waals surface area contributed by atoms with Gasteiger partial charge < -0.3 is 10.2 Å². The third-order valence-electron chi connectivity index (χ3n) is 2.32. The highest BCUT2D eigenvalue weighted by molar-refractivity contribution is 5.92. The second-order valence-electron chi connectivity index (χ2n) is 3.67. The first kappa shape index (κ1) is 11.5. The SMILES string of the molecule is CNc1cccc(C(=O)N(C)C(C)C)n1. The number of nitrogens with one attached hydrogen (secondary N) is 1. The summed E-state index contributed by atoms with van der Waals surface area (Å²) in [4.78, 5) is 17.8. The fourth-order valence-corrected chi connectivity index (χ4v) is 1.11. The Hall–Kier alpha value is -1.58. The average molecular weight is 207 g/mol. The van der Waals surface area contributed by atoms with Crippen LogP contribution >= 0.6 is 0 Å². The molecule has 1 N–H and O–H groups in total. The van der Waals surface area contributed by atoms with E-state index in [9.17, 15) is 4.79 Å². The number of anilines is 1. The van der Waals surface area contributed by atoms with Crippen LogP contribution in [0.2, 0.25) is 0 Å². The standard InChI is InChI=1S/C11H17N3O/c1-8(2)14(4)11(15)9-6-5-7-10(12-3)13-9/h5-8H,1-4H3,(H,12,13). The Labute approximate surface area is 90.3 Å². The summed E-state index contributed by atoms with van der Waals surface area (Å²) in [5, 5.41) is 2.91. The van der Waals surface area contributed by atoms with Gasteiger partial charge in [0, 0.05) is 20.1 Å². The number of pyridine rings is 1. The van der Waals surface area contributed by atoms with Crippen LogP contribution in [0.4, 0.5) is 5.82 Å². The second kappa shape index (κ2) is 4.77. The monoisotopic (exact) mass is 207 g/mol. The number of rotatable bonds is 3. The average Bonchev–Trinajstić information content (AvgIpc) is 2.27. The van der Waals surface area contributed by atoms with Crippen LogP contribution in [0.25, 0.3) is 0 Å². The molecule has 0 bridgehead atoms. The predicted octanol–water partition coefficient (Wildman–Crippen LogP) is 1.60. The number of hydrogen-bond donors (Lipinski definition) is 1. The van der Waals surface area contributed by atoms with Gasteiger partial charge in [-0.15, -0.1) is 0 Å². The summed E-state index contributed by atoms with van der Waals surface area (Å²) < 4.78 is 0. The molecule has 0 aliphatic rings. The topological polar surface area (TPSA) is 45.2 Å². The van der Waals surface area contributed by atoms with Crippen molar-refractivity contribution in [1.82, 2.24) is 9.88 Å². The molecule has 0 aromatic carbocycles. The molecule has 0 atom stereocenters. The van der Waals surface area contributed by atoms with Gasteiger partial charge >= 0.3 is 0 Å². The van der Waals surface area contributed by atoms with Crippen molar-refractivity contribution in [3.8, 4) is 0 Å². The lowest BCUT2D eigenvalue weighted by molar-refractivity contribution is 0.0749. The lowest BCUT2D eigenvalue weighted by Crippen LogP contribution is -2.33. The normalized spacial score (nSPS) is 10.2. The molecular weight excluding hydrogens is 190 g/mol. The highest BCUT2D eigenvalue weighted by Gasteiger charge is 2.15. The van der Waals surface area contributed by atoms with Crippen LogP contribution in [0.3, 0.4) is 0 Å². The number of nitrogens with zero attached hydrogens (tertiary/aromatic N) is 2. The minimum Gasteiger partial charge on any atom is -0.373 e. The van der Waals surface area contributed by atoms with Gasteiger partial charge in [0.15, 0.2) is 0 Å². The van der Waals surface area contributed by atoms with E-state index in [-0.39, 0.29) is 11.9 Å². The van der Waals surface area contributed by atoms with Crippen LogP contribution in [0.5, 0.6) is 0 Å². The van der Waals surface area contributed by atoms with Crippen molar-refractivity contribution >= 4 is 11.7 Å². The van der Waals surface area contributed by atoms with E-state index in [2.05, 4.69) is 10.3 Å². The van der Waals surface area contributed by atoms with Crippen molar-refractivity contribution in [1.29, 1.82) is 0 Å². The Balaban J connectivity index is 2.91. The summed E-state index contributed by atoms with van der Waals surface area (Å²) in [6, 6.07) is 5.55. The van der Waals surface area contributed by atoms with Gasteiger partial charge in [-0.05, 0) is 26.0 Å². The van der Waals surface area contributed by atoms with Crippen molar-refractivity contribution in [3.63, 3.8) is 0 Å². The van der Waals surface area contributed by atoms with E-state index < -0.39 is 0 Å². The molecule has 4 heteroatoms. The van der Waals surface area contributed by atoms with E-state index in [1.54, 1.807) is 25.1 Å². The van der Waals surface area contributed by atoms with Crippen molar-refractivity contribution < 1.29 is 4.79 Å². The lowest BCUT2D eigenvalue weighted by Gasteiger charge is -2.20. The van der Waals surface area contributed by atoms with Crippen molar-refractivity contribution in [2.24, 2.45) is 0 Å². The van der Waals surface area contributed by atoms with Gasteiger partial charge in [0.05, 0.1) is 0 Å². The minimum absolute atomic E-state index is 0.0536. The third kappa shape index (κ3) is 2.68. The lowest BCUT2D eigenvalue weighted by atomic mass is 10.2. The smallest absolute Gasteiger partial charge is 0.272 e. The largest absolute Gasteiger partial charge is 0.373 e.